The summed E-state index contributed by atoms with van der Waals surface area (Å²) in [5, 5.41) is 7.15. The summed E-state index contributed by atoms with van der Waals surface area (Å²) < 4.78 is 33.4. The molecule has 0 saturated carbocycles. The van der Waals surface area contributed by atoms with Gasteiger partial charge in [-0.25, -0.2) is 13.8 Å². The summed E-state index contributed by atoms with van der Waals surface area (Å²) in [6, 6.07) is 12.8. The maximum atomic E-state index is 13.9. The van der Waals surface area contributed by atoms with Crippen molar-refractivity contribution in [1.82, 2.24) is 9.99 Å². The second kappa shape index (κ2) is 6.56. The minimum atomic E-state index is -0.919. The lowest BCUT2D eigenvalue weighted by Crippen LogP contribution is -2.33. The topological polar surface area (TPSA) is 37.7 Å². The van der Waals surface area contributed by atoms with Gasteiger partial charge in [-0.05, 0) is 42.5 Å². The second-order valence-corrected chi connectivity index (χ2v) is 7.14. The van der Waals surface area contributed by atoms with Gasteiger partial charge in [0.25, 0.3) is 0 Å². The molecule has 0 N–H and O–H groups in total. The predicted molar refractivity (Wildman–Crippen MR) is 101 cm³/mol. The molecular formula is C21H14ClF2N3O. The van der Waals surface area contributed by atoms with Crippen LogP contribution in [0.2, 0.25) is 5.02 Å². The van der Waals surface area contributed by atoms with E-state index in [1.165, 1.54) is 6.07 Å². The Morgan fingerprint density at radius 2 is 1.82 bits per heavy atom. The van der Waals surface area contributed by atoms with Crippen LogP contribution >= 0.6 is 11.6 Å². The zero-order valence-electron chi connectivity index (χ0n) is 14.5. The summed E-state index contributed by atoms with van der Waals surface area (Å²) in [6.45, 7) is 0. The molecule has 28 heavy (non-hydrogen) atoms. The Bertz CT molecular complexity index is 1090. The molecule has 0 spiro atoms. The Kier molecular flexibility index (Phi) is 4.02. The van der Waals surface area contributed by atoms with Crippen LogP contribution in [0.3, 0.4) is 0 Å². The highest BCUT2D eigenvalue weighted by Crippen LogP contribution is 2.48. The van der Waals surface area contributed by atoms with Crippen LogP contribution in [0.1, 0.15) is 35.4 Å². The molecule has 5 rings (SSSR count). The van der Waals surface area contributed by atoms with Crippen LogP contribution in [-0.4, -0.2) is 15.7 Å². The molecule has 0 amide bonds. The highest BCUT2D eigenvalue weighted by atomic mass is 35.5. The first-order valence-electron chi connectivity index (χ1n) is 8.77. The number of hydrogen-bond donors (Lipinski definition) is 0. The lowest BCUT2D eigenvalue weighted by Gasteiger charge is -2.38. The van der Waals surface area contributed by atoms with E-state index in [4.69, 9.17) is 21.4 Å². The Morgan fingerprint density at radius 1 is 1.00 bits per heavy atom. The minimum Gasteiger partial charge on any atom is -0.464 e. The van der Waals surface area contributed by atoms with Crippen molar-refractivity contribution < 1.29 is 13.5 Å². The van der Waals surface area contributed by atoms with E-state index in [9.17, 15) is 8.78 Å². The van der Waals surface area contributed by atoms with Crippen LogP contribution in [0, 0.1) is 11.6 Å². The number of aromatic nitrogens is 1. The molecule has 0 unspecified atom stereocenters. The zero-order valence-corrected chi connectivity index (χ0v) is 15.3. The highest BCUT2D eigenvalue weighted by Gasteiger charge is 2.41. The molecule has 1 aromatic heterocycles. The Morgan fingerprint density at radius 3 is 2.61 bits per heavy atom. The fourth-order valence-electron chi connectivity index (χ4n) is 3.66. The molecule has 0 fully saturated rings. The van der Waals surface area contributed by atoms with Crippen molar-refractivity contribution in [3.05, 3.63) is 94.3 Å². The van der Waals surface area contributed by atoms with E-state index in [0.717, 1.165) is 29.0 Å². The molecule has 140 valence electrons. The molecule has 0 bridgehead atoms. The molecule has 3 heterocycles. The average molecular weight is 398 g/mol. The van der Waals surface area contributed by atoms with Gasteiger partial charge in [0, 0.05) is 40.5 Å². The van der Waals surface area contributed by atoms with Gasteiger partial charge >= 0.3 is 0 Å². The standard InChI is InChI=1S/C21H14ClF2N3O/c22-14-2-4-20-15(10-14)19-11-18(12-5-7-25-8-6-12)26-27(19)21(28-20)13-1-3-16(23)17(24)9-13/h1-10,19,21H,11H2/t19-,21+/m0/s1. The van der Waals surface area contributed by atoms with Crippen molar-refractivity contribution in [3.63, 3.8) is 0 Å². The second-order valence-electron chi connectivity index (χ2n) is 6.71. The normalized spacial score (nSPS) is 20.2. The summed E-state index contributed by atoms with van der Waals surface area (Å²) in [6.07, 6.45) is 3.39. The Labute approximate surface area is 165 Å². The monoisotopic (exact) mass is 397 g/mol. The summed E-state index contributed by atoms with van der Waals surface area (Å²) in [4.78, 5) is 4.05. The van der Waals surface area contributed by atoms with Crippen LogP contribution in [0.5, 0.6) is 5.75 Å². The predicted octanol–water partition coefficient (Wildman–Crippen LogP) is 5.26. The maximum absolute atomic E-state index is 13.9. The largest absolute Gasteiger partial charge is 0.464 e. The number of pyridine rings is 1. The SMILES string of the molecule is Fc1ccc([C@H]2Oc3ccc(Cl)cc3[C@@H]3CC(c4ccncc4)=NN23)cc1F. The first kappa shape index (κ1) is 17.1. The summed E-state index contributed by atoms with van der Waals surface area (Å²) in [5.41, 5.74) is 3.23. The van der Waals surface area contributed by atoms with Gasteiger partial charge in [0.2, 0.25) is 6.23 Å². The van der Waals surface area contributed by atoms with E-state index >= 15 is 0 Å². The molecule has 0 aliphatic carbocycles. The van der Waals surface area contributed by atoms with Crippen LogP contribution in [0.25, 0.3) is 0 Å². The average Bonchev–Trinajstić information content (AvgIpc) is 3.16. The van der Waals surface area contributed by atoms with E-state index in [1.807, 2.05) is 18.2 Å². The maximum Gasteiger partial charge on any atom is 0.213 e. The third-order valence-corrected chi connectivity index (χ3v) is 5.23. The fourth-order valence-corrected chi connectivity index (χ4v) is 3.84. The molecule has 2 aliphatic rings. The first-order valence-corrected chi connectivity index (χ1v) is 9.15. The molecule has 7 heteroatoms. The number of hydrogen-bond acceptors (Lipinski definition) is 4. The van der Waals surface area contributed by atoms with E-state index in [1.54, 1.807) is 29.5 Å². The van der Waals surface area contributed by atoms with E-state index in [-0.39, 0.29) is 6.04 Å². The van der Waals surface area contributed by atoms with Crippen molar-refractivity contribution in [2.24, 2.45) is 5.10 Å². The Hall–Kier alpha value is -2.99. The van der Waals surface area contributed by atoms with E-state index in [2.05, 4.69) is 4.98 Å². The van der Waals surface area contributed by atoms with Gasteiger partial charge in [0.1, 0.15) is 5.75 Å². The molecule has 0 radical (unpaired) electrons. The number of fused-ring (bicyclic) bond motifs is 3. The molecule has 3 aromatic rings. The summed E-state index contributed by atoms with van der Waals surface area (Å²) in [5.74, 6) is -1.16. The summed E-state index contributed by atoms with van der Waals surface area (Å²) in [7, 11) is 0. The lowest BCUT2D eigenvalue weighted by atomic mass is 9.96. The third-order valence-electron chi connectivity index (χ3n) is 4.99. The van der Waals surface area contributed by atoms with Gasteiger partial charge in [-0.2, -0.15) is 5.10 Å². The van der Waals surface area contributed by atoms with Gasteiger partial charge in [0.15, 0.2) is 11.6 Å². The third kappa shape index (κ3) is 2.81. The van der Waals surface area contributed by atoms with Gasteiger partial charge < -0.3 is 4.74 Å². The van der Waals surface area contributed by atoms with E-state index < -0.39 is 17.9 Å². The number of nitrogens with zero attached hydrogens (tertiary/aromatic N) is 3. The van der Waals surface area contributed by atoms with Crippen molar-refractivity contribution in [1.29, 1.82) is 0 Å². The lowest BCUT2D eigenvalue weighted by molar-refractivity contribution is -0.0192. The van der Waals surface area contributed by atoms with Gasteiger partial charge in [-0.1, -0.05) is 17.7 Å². The number of halogens is 3. The van der Waals surface area contributed by atoms with Gasteiger partial charge in [0.05, 0.1) is 11.8 Å². The molecular weight excluding hydrogens is 384 g/mol. The van der Waals surface area contributed by atoms with Crippen molar-refractivity contribution >= 4 is 17.3 Å². The zero-order chi connectivity index (χ0) is 19.3. The van der Waals surface area contributed by atoms with Gasteiger partial charge in [-0.3, -0.25) is 4.98 Å². The number of rotatable bonds is 2. The molecule has 0 saturated heterocycles. The van der Waals surface area contributed by atoms with Crippen molar-refractivity contribution in [2.45, 2.75) is 18.7 Å². The van der Waals surface area contributed by atoms with Gasteiger partial charge in [-0.15, -0.1) is 0 Å². The van der Waals surface area contributed by atoms with Crippen LogP contribution in [0.4, 0.5) is 8.78 Å². The molecule has 2 aliphatic heterocycles. The number of benzene rings is 2. The number of hydrazone groups is 1. The first-order chi connectivity index (χ1) is 13.6. The van der Waals surface area contributed by atoms with E-state index in [0.29, 0.717) is 22.8 Å². The van der Waals surface area contributed by atoms with Crippen molar-refractivity contribution in [3.8, 4) is 5.75 Å². The molecule has 2 atom stereocenters. The Balaban J connectivity index is 1.62. The van der Waals surface area contributed by atoms with Crippen LogP contribution < -0.4 is 4.74 Å². The smallest absolute Gasteiger partial charge is 0.213 e. The fraction of sp³-hybridized carbons (Fsp3) is 0.143. The molecule has 2 aromatic carbocycles. The quantitative estimate of drug-likeness (QED) is 0.592. The minimum absolute atomic E-state index is 0.122. The van der Waals surface area contributed by atoms with Crippen molar-refractivity contribution in [2.75, 3.05) is 0 Å². The summed E-state index contributed by atoms with van der Waals surface area (Å²) >= 11 is 6.20. The molecule has 4 nitrogen and oxygen atoms in total. The van der Waals surface area contributed by atoms with Crippen LogP contribution in [-0.2, 0) is 0 Å². The highest BCUT2D eigenvalue weighted by molar-refractivity contribution is 6.30. The van der Waals surface area contributed by atoms with Crippen LogP contribution in [0.15, 0.2) is 66.0 Å². The number of ether oxygens (including phenoxy) is 1.